The molecule has 1 atom stereocenters. The minimum atomic E-state index is -0.228. The molecule has 2 aromatic heterocycles. The van der Waals surface area contributed by atoms with Crippen molar-refractivity contribution in [2.24, 2.45) is 0 Å². The largest absolute Gasteiger partial charge is 0.336 e. The summed E-state index contributed by atoms with van der Waals surface area (Å²) in [5.74, 6) is 1.07. The van der Waals surface area contributed by atoms with Crippen molar-refractivity contribution in [2.45, 2.75) is 44.7 Å². The van der Waals surface area contributed by atoms with Gasteiger partial charge in [-0.15, -0.1) is 16.4 Å². The quantitative estimate of drug-likeness (QED) is 0.863. The van der Waals surface area contributed by atoms with E-state index in [-0.39, 0.29) is 6.03 Å². The molecule has 25 heavy (non-hydrogen) atoms. The number of carbonyl (C=O) groups is 1. The van der Waals surface area contributed by atoms with Crippen molar-refractivity contribution in [1.29, 1.82) is 0 Å². The third-order valence-electron chi connectivity index (χ3n) is 4.94. The molecule has 3 heterocycles. The molecule has 0 bridgehead atoms. The van der Waals surface area contributed by atoms with E-state index in [4.69, 9.17) is 0 Å². The maximum atomic E-state index is 12.1. The van der Waals surface area contributed by atoms with Crippen LogP contribution in [0.1, 0.15) is 41.8 Å². The van der Waals surface area contributed by atoms with Crippen molar-refractivity contribution in [3.63, 3.8) is 0 Å². The smallest absolute Gasteiger partial charge is 0.320 e. The molecule has 2 N–H and O–H groups in total. The molecule has 4 rings (SSSR count). The number of nitrogens with zero attached hydrogens (tertiary/aromatic N) is 3. The zero-order valence-corrected chi connectivity index (χ0v) is 15.2. The SMILES string of the molecule is CC(CNC(=O)Nc1ccc(C2CC2)nn1)N1CCc2sccc2C1. The molecule has 2 aliphatic rings. The van der Waals surface area contributed by atoms with Crippen LogP contribution < -0.4 is 10.6 Å². The first-order valence-electron chi connectivity index (χ1n) is 8.87. The van der Waals surface area contributed by atoms with Gasteiger partial charge >= 0.3 is 6.03 Å². The standard InChI is InChI=1S/C18H23N5OS/c1-12(23-8-6-16-14(11-23)7-9-25-16)10-19-18(24)20-17-5-4-15(21-22-17)13-2-3-13/h4-5,7,9,12-13H,2-3,6,8,10-11H2,1H3,(H2,19,20,22,24). The third-order valence-corrected chi connectivity index (χ3v) is 5.96. The normalized spacial score (nSPS) is 18.4. The minimum Gasteiger partial charge on any atom is -0.336 e. The molecule has 1 unspecified atom stereocenters. The highest BCUT2D eigenvalue weighted by Crippen LogP contribution is 2.38. The number of amides is 2. The van der Waals surface area contributed by atoms with E-state index in [0.29, 0.717) is 24.3 Å². The van der Waals surface area contributed by atoms with Crippen molar-refractivity contribution in [2.75, 3.05) is 18.4 Å². The summed E-state index contributed by atoms with van der Waals surface area (Å²) in [7, 11) is 0. The van der Waals surface area contributed by atoms with Crippen LogP contribution in [-0.4, -0.2) is 40.3 Å². The lowest BCUT2D eigenvalue weighted by molar-refractivity contribution is 0.188. The summed E-state index contributed by atoms with van der Waals surface area (Å²) in [4.78, 5) is 16.0. The maximum absolute atomic E-state index is 12.1. The molecule has 0 saturated heterocycles. The van der Waals surface area contributed by atoms with Gasteiger partial charge in [-0.25, -0.2) is 4.79 Å². The van der Waals surface area contributed by atoms with E-state index in [2.05, 4.69) is 44.1 Å². The summed E-state index contributed by atoms with van der Waals surface area (Å²) in [5.41, 5.74) is 2.45. The van der Waals surface area contributed by atoms with Gasteiger partial charge in [0.05, 0.1) is 5.69 Å². The number of thiophene rings is 1. The van der Waals surface area contributed by atoms with Crippen molar-refractivity contribution < 1.29 is 4.79 Å². The van der Waals surface area contributed by atoms with Crippen molar-refractivity contribution in [1.82, 2.24) is 20.4 Å². The van der Waals surface area contributed by atoms with Crippen LogP contribution in [0.5, 0.6) is 0 Å². The number of hydrogen-bond donors (Lipinski definition) is 2. The molecule has 0 radical (unpaired) electrons. The first-order chi connectivity index (χ1) is 12.2. The Labute approximate surface area is 151 Å². The Bertz CT molecular complexity index is 740. The van der Waals surface area contributed by atoms with Gasteiger partial charge in [-0.2, -0.15) is 5.10 Å². The molecular formula is C18H23N5OS. The Balaban J connectivity index is 1.24. The van der Waals surface area contributed by atoms with Gasteiger partial charge in [-0.05, 0) is 55.3 Å². The van der Waals surface area contributed by atoms with E-state index in [1.54, 1.807) is 0 Å². The van der Waals surface area contributed by atoms with Crippen LogP contribution in [0.2, 0.25) is 0 Å². The van der Waals surface area contributed by atoms with E-state index in [0.717, 1.165) is 25.2 Å². The first kappa shape index (κ1) is 16.5. The lowest BCUT2D eigenvalue weighted by Gasteiger charge is -2.32. The highest BCUT2D eigenvalue weighted by atomic mass is 32.1. The van der Waals surface area contributed by atoms with Crippen LogP contribution in [0, 0.1) is 0 Å². The van der Waals surface area contributed by atoms with Gasteiger partial charge in [0.2, 0.25) is 0 Å². The number of aromatic nitrogens is 2. The Hall–Kier alpha value is -1.99. The van der Waals surface area contributed by atoms with E-state index in [1.165, 1.54) is 23.3 Å². The monoisotopic (exact) mass is 357 g/mol. The fourth-order valence-electron chi connectivity index (χ4n) is 3.18. The fraction of sp³-hybridized carbons (Fsp3) is 0.500. The zero-order valence-electron chi connectivity index (χ0n) is 14.4. The minimum absolute atomic E-state index is 0.228. The number of nitrogens with one attached hydrogen (secondary N) is 2. The molecule has 6 nitrogen and oxygen atoms in total. The highest BCUT2D eigenvalue weighted by molar-refractivity contribution is 7.10. The summed E-state index contributed by atoms with van der Waals surface area (Å²) in [6.45, 7) is 4.78. The number of fused-ring (bicyclic) bond motifs is 1. The molecule has 1 fully saturated rings. The van der Waals surface area contributed by atoms with Gasteiger partial charge in [0.15, 0.2) is 5.82 Å². The Morgan fingerprint density at radius 2 is 2.24 bits per heavy atom. The van der Waals surface area contributed by atoms with Gasteiger partial charge in [-0.3, -0.25) is 10.2 Å². The summed E-state index contributed by atoms with van der Waals surface area (Å²) in [6.07, 6.45) is 3.50. The van der Waals surface area contributed by atoms with Gasteiger partial charge in [-0.1, -0.05) is 0 Å². The first-order valence-corrected chi connectivity index (χ1v) is 9.75. The number of rotatable bonds is 5. The van der Waals surface area contributed by atoms with Crippen LogP contribution in [0.25, 0.3) is 0 Å². The zero-order chi connectivity index (χ0) is 17.2. The second-order valence-electron chi connectivity index (χ2n) is 6.89. The van der Waals surface area contributed by atoms with Crippen LogP contribution >= 0.6 is 11.3 Å². The average Bonchev–Trinajstić information content (AvgIpc) is 3.37. The van der Waals surface area contributed by atoms with Gasteiger partial charge in [0.1, 0.15) is 0 Å². The van der Waals surface area contributed by atoms with E-state index in [1.807, 2.05) is 23.5 Å². The molecular weight excluding hydrogens is 334 g/mol. The molecule has 1 aliphatic heterocycles. The number of urea groups is 1. The van der Waals surface area contributed by atoms with E-state index >= 15 is 0 Å². The van der Waals surface area contributed by atoms with Gasteiger partial charge < -0.3 is 5.32 Å². The summed E-state index contributed by atoms with van der Waals surface area (Å²) < 4.78 is 0. The molecule has 0 spiro atoms. The van der Waals surface area contributed by atoms with Crippen LogP contribution in [0.3, 0.4) is 0 Å². The second kappa shape index (κ2) is 7.09. The summed E-state index contributed by atoms with van der Waals surface area (Å²) in [6, 6.07) is 6.06. The van der Waals surface area contributed by atoms with Crippen molar-refractivity contribution >= 4 is 23.2 Å². The van der Waals surface area contributed by atoms with E-state index in [9.17, 15) is 4.79 Å². The lowest BCUT2D eigenvalue weighted by Crippen LogP contribution is -2.45. The maximum Gasteiger partial charge on any atom is 0.320 e. The summed E-state index contributed by atoms with van der Waals surface area (Å²) in [5, 5.41) is 16.1. The molecule has 0 aromatic carbocycles. The highest BCUT2D eigenvalue weighted by Gasteiger charge is 2.25. The predicted molar refractivity (Wildman–Crippen MR) is 98.9 cm³/mol. The predicted octanol–water partition coefficient (Wildman–Crippen LogP) is 2.98. The number of hydrogen-bond acceptors (Lipinski definition) is 5. The Kier molecular flexibility index (Phi) is 4.67. The fourth-order valence-corrected chi connectivity index (χ4v) is 4.07. The Morgan fingerprint density at radius 1 is 1.36 bits per heavy atom. The second-order valence-corrected chi connectivity index (χ2v) is 7.89. The number of anilines is 1. The van der Waals surface area contributed by atoms with Gasteiger partial charge in [0.25, 0.3) is 0 Å². The topological polar surface area (TPSA) is 70.1 Å². The average molecular weight is 357 g/mol. The molecule has 2 aromatic rings. The van der Waals surface area contributed by atoms with Crippen molar-refractivity contribution in [3.05, 3.63) is 39.7 Å². The summed E-state index contributed by atoms with van der Waals surface area (Å²) >= 11 is 1.85. The number of carbonyl (C=O) groups excluding carboxylic acids is 1. The van der Waals surface area contributed by atoms with Crippen LogP contribution in [0.4, 0.5) is 10.6 Å². The molecule has 7 heteroatoms. The van der Waals surface area contributed by atoms with Crippen LogP contribution in [-0.2, 0) is 13.0 Å². The van der Waals surface area contributed by atoms with E-state index < -0.39 is 0 Å². The third kappa shape index (κ3) is 3.99. The molecule has 132 valence electrons. The van der Waals surface area contributed by atoms with Crippen molar-refractivity contribution in [3.8, 4) is 0 Å². The molecule has 2 amide bonds. The molecule has 1 aliphatic carbocycles. The molecule has 1 saturated carbocycles. The van der Waals surface area contributed by atoms with Gasteiger partial charge in [0, 0.05) is 36.5 Å². The van der Waals surface area contributed by atoms with Crippen LogP contribution in [0.15, 0.2) is 23.6 Å². The lowest BCUT2D eigenvalue weighted by atomic mass is 10.1. The Morgan fingerprint density at radius 3 is 3.00 bits per heavy atom.